The van der Waals surface area contributed by atoms with Crippen LogP contribution in [0.4, 0.5) is 0 Å². The minimum Gasteiger partial charge on any atom is -0.477 e. The highest BCUT2D eigenvalue weighted by molar-refractivity contribution is 5.72. The number of nitrogens with zero attached hydrogens (tertiary/aromatic N) is 1. The molecule has 0 aliphatic carbocycles. The van der Waals surface area contributed by atoms with Crippen LogP contribution in [0.5, 0.6) is 0 Å². The van der Waals surface area contributed by atoms with Crippen molar-refractivity contribution >= 4 is 17.9 Å². The molecule has 69 heavy (non-hydrogen) atoms. The number of rotatable bonds is 53. The molecule has 0 bridgehead atoms. The Labute approximate surface area is 426 Å². The smallest absolute Gasteiger partial charge is 0.362 e. The molecule has 2 unspecified atom stereocenters. The third-order valence-electron chi connectivity index (χ3n) is 13.2. The lowest BCUT2D eigenvalue weighted by Crippen LogP contribution is -2.50. The van der Waals surface area contributed by atoms with Crippen LogP contribution >= 0.6 is 0 Å². The summed E-state index contributed by atoms with van der Waals surface area (Å²) in [5.74, 6) is -1.46. The predicted octanol–water partition coefficient (Wildman–Crippen LogP) is 17.5. The summed E-state index contributed by atoms with van der Waals surface area (Å²) in [6.45, 7) is 4.67. The van der Waals surface area contributed by atoms with Crippen molar-refractivity contribution in [3.63, 3.8) is 0 Å². The Hall–Kier alpha value is -2.71. The number of carboxylic acid groups (broad SMARTS) is 1. The third-order valence-corrected chi connectivity index (χ3v) is 13.2. The number of allylic oxidation sites excluding steroid dienone is 8. The quantitative estimate of drug-likeness (QED) is 0.0280. The van der Waals surface area contributed by atoms with Crippen molar-refractivity contribution in [3.8, 4) is 0 Å². The molecule has 0 rings (SSSR count). The lowest BCUT2D eigenvalue weighted by molar-refractivity contribution is -0.887. The summed E-state index contributed by atoms with van der Waals surface area (Å²) >= 11 is 0. The molecule has 0 fully saturated rings. The van der Waals surface area contributed by atoms with Gasteiger partial charge in [0.2, 0.25) is 0 Å². The number of esters is 2. The number of unbranched alkanes of at least 4 members (excludes halogenated alkanes) is 31. The van der Waals surface area contributed by atoms with Crippen LogP contribution in [-0.2, 0) is 28.6 Å². The van der Waals surface area contributed by atoms with E-state index in [0.717, 1.165) is 57.8 Å². The molecule has 0 aromatic carbocycles. The predicted molar refractivity (Wildman–Crippen MR) is 294 cm³/mol. The first-order valence-electron chi connectivity index (χ1n) is 29.2. The van der Waals surface area contributed by atoms with Crippen molar-refractivity contribution in [3.05, 3.63) is 48.6 Å². The number of hydrogen-bond donors (Lipinski definition) is 1. The summed E-state index contributed by atoms with van der Waals surface area (Å²) in [4.78, 5) is 37.3. The number of aliphatic carboxylic acids is 1. The van der Waals surface area contributed by atoms with E-state index in [2.05, 4.69) is 62.5 Å². The highest BCUT2D eigenvalue weighted by atomic mass is 16.6. The van der Waals surface area contributed by atoms with Crippen LogP contribution in [-0.4, -0.2) is 80.6 Å². The SMILES string of the molecule is CC/C=C/C/C=C/C/C=C/CCCCCCCCCCCCCCCC(=O)OCC(COCCC(C(=O)O)[N+](C)(C)C)OC(=O)CCCCCCCCC/C=C/CCCCCCCCCCCCC. The number of hydrogen-bond acceptors (Lipinski definition) is 6. The lowest BCUT2D eigenvalue weighted by Gasteiger charge is -2.31. The van der Waals surface area contributed by atoms with Gasteiger partial charge in [-0.1, -0.05) is 229 Å². The molecule has 8 heteroatoms. The minimum absolute atomic E-state index is 0.0516. The van der Waals surface area contributed by atoms with E-state index in [4.69, 9.17) is 14.2 Å². The van der Waals surface area contributed by atoms with E-state index in [1.807, 2.05) is 21.1 Å². The largest absolute Gasteiger partial charge is 0.477 e. The molecular formula is C61H112NO7+. The second-order valence-corrected chi connectivity index (χ2v) is 20.9. The summed E-state index contributed by atoms with van der Waals surface area (Å²) in [7, 11) is 5.55. The van der Waals surface area contributed by atoms with E-state index in [9.17, 15) is 19.5 Å². The number of likely N-dealkylation sites (N-methyl/N-ethyl adjacent to an activating group) is 1. The van der Waals surface area contributed by atoms with Crippen LogP contribution in [0.3, 0.4) is 0 Å². The molecule has 0 saturated heterocycles. The fourth-order valence-electron chi connectivity index (χ4n) is 8.75. The number of ether oxygens (including phenoxy) is 3. The first-order chi connectivity index (χ1) is 33.6. The van der Waals surface area contributed by atoms with Gasteiger partial charge < -0.3 is 23.8 Å². The third kappa shape index (κ3) is 50.0. The molecule has 1 N–H and O–H groups in total. The van der Waals surface area contributed by atoms with Crippen molar-refractivity contribution in [2.45, 2.75) is 283 Å². The fraction of sp³-hybridized carbons (Fsp3) is 0.820. The van der Waals surface area contributed by atoms with E-state index in [1.54, 1.807) is 0 Å². The van der Waals surface area contributed by atoms with Gasteiger partial charge in [0.25, 0.3) is 0 Å². The van der Waals surface area contributed by atoms with Gasteiger partial charge >= 0.3 is 17.9 Å². The zero-order chi connectivity index (χ0) is 50.6. The average molecular weight is 972 g/mol. The Balaban J connectivity index is 4.15. The average Bonchev–Trinajstić information content (AvgIpc) is 3.31. The summed E-state index contributed by atoms with van der Waals surface area (Å²) in [6, 6.07) is -0.617. The Morgan fingerprint density at radius 2 is 0.812 bits per heavy atom. The van der Waals surface area contributed by atoms with E-state index < -0.39 is 18.1 Å². The Morgan fingerprint density at radius 3 is 1.22 bits per heavy atom. The van der Waals surface area contributed by atoms with Gasteiger partial charge in [0, 0.05) is 19.3 Å². The van der Waals surface area contributed by atoms with Gasteiger partial charge in [-0.05, 0) is 70.6 Å². The number of quaternary nitrogens is 1. The molecule has 402 valence electrons. The van der Waals surface area contributed by atoms with Gasteiger partial charge in [-0.2, -0.15) is 0 Å². The van der Waals surface area contributed by atoms with Crippen molar-refractivity contribution in [1.29, 1.82) is 0 Å². The molecule has 0 aliphatic rings. The first-order valence-corrected chi connectivity index (χ1v) is 29.2. The van der Waals surface area contributed by atoms with Crippen molar-refractivity contribution < 1.29 is 38.2 Å². The lowest BCUT2D eigenvalue weighted by atomic mass is 10.0. The molecule has 0 aromatic heterocycles. The number of carbonyl (C=O) groups is 3. The molecule has 0 amide bonds. The van der Waals surface area contributed by atoms with E-state index in [-0.39, 0.29) is 36.2 Å². The van der Waals surface area contributed by atoms with E-state index in [1.165, 1.54) is 180 Å². The fourth-order valence-corrected chi connectivity index (χ4v) is 8.75. The standard InChI is InChI=1S/C61H111NO7/c1-6-8-10-12-14-16-18-20-22-24-26-28-30-32-33-35-37-39-41-43-45-47-49-51-59(63)68-56-57(55-67-54-53-58(61(65)66)62(3,4)5)69-60(64)52-50-48-46-44-42-40-38-36-34-31-29-27-25-23-21-19-17-15-13-11-9-7-2/h8,10,14,16,20,22,31,34,57-58H,6-7,9,11-13,15,17-19,21,23-30,32-33,35-56H2,1-5H3/p+1/b10-8+,16-14+,22-20+,34-31+. The normalized spacial score (nSPS) is 13.1. The van der Waals surface area contributed by atoms with Crippen LogP contribution in [0.2, 0.25) is 0 Å². The maximum atomic E-state index is 12.8. The van der Waals surface area contributed by atoms with Crippen molar-refractivity contribution in [1.82, 2.24) is 0 Å². The second-order valence-electron chi connectivity index (χ2n) is 20.9. The van der Waals surface area contributed by atoms with Gasteiger partial charge in [0.15, 0.2) is 12.1 Å². The van der Waals surface area contributed by atoms with Crippen LogP contribution in [0.1, 0.15) is 271 Å². The molecule has 0 heterocycles. The minimum atomic E-state index is -0.873. The topological polar surface area (TPSA) is 99.1 Å². The first kappa shape index (κ1) is 66.3. The van der Waals surface area contributed by atoms with Crippen molar-refractivity contribution in [2.24, 2.45) is 0 Å². The van der Waals surface area contributed by atoms with E-state index in [0.29, 0.717) is 19.3 Å². The highest BCUT2D eigenvalue weighted by Crippen LogP contribution is 2.17. The maximum absolute atomic E-state index is 12.8. The summed E-state index contributed by atoms with van der Waals surface area (Å²) < 4.78 is 17.4. The zero-order valence-corrected chi connectivity index (χ0v) is 46.0. The van der Waals surface area contributed by atoms with Crippen LogP contribution in [0.25, 0.3) is 0 Å². The summed E-state index contributed by atoms with van der Waals surface area (Å²) in [6.07, 6.45) is 64.6. The summed E-state index contributed by atoms with van der Waals surface area (Å²) in [5.41, 5.74) is 0. The van der Waals surface area contributed by atoms with Gasteiger partial charge in [-0.25, -0.2) is 4.79 Å². The highest BCUT2D eigenvalue weighted by Gasteiger charge is 2.31. The van der Waals surface area contributed by atoms with E-state index >= 15 is 0 Å². The Kier molecular flexibility index (Phi) is 49.6. The monoisotopic (exact) mass is 971 g/mol. The molecule has 0 saturated carbocycles. The van der Waals surface area contributed by atoms with Crippen molar-refractivity contribution in [2.75, 3.05) is 41.0 Å². The summed E-state index contributed by atoms with van der Waals surface area (Å²) in [5, 5.41) is 9.68. The van der Waals surface area contributed by atoms with Gasteiger partial charge in [0.1, 0.15) is 6.61 Å². The molecule has 8 nitrogen and oxygen atoms in total. The van der Waals surface area contributed by atoms with Crippen LogP contribution in [0, 0.1) is 0 Å². The number of carboxylic acids is 1. The molecule has 0 aromatic rings. The zero-order valence-electron chi connectivity index (χ0n) is 46.0. The number of carbonyl (C=O) groups excluding carboxylic acids is 2. The Bertz CT molecular complexity index is 1270. The molecule has 0 aliphatic heterocycles. The van der Waals surface area contributed by atoms with Gasteiger partial charge in [-0.3, -0.25) is 9.59 Å². The molecule has 0 radical (unpaired) electrons. The van der Waals surface area contributed by atoms with Gasteiger partial charge in [-0.15, -0.1) is 0 Å². The Morgan fingerprint density at radius 1 is 0.449 bits per heavy atom. The van der Waals surface area contributed by atoms with Gasteiger partial charge in [0.05, 0.1) is 34.4 Å². The maximum Gasteiger partial charge on any atom is 0.362 e. The van der Waals surface area contributed by atoms with Crippen LogP contribution < -0.4 is 0 Å². The second kappa shape index (κ2) is 51.6. The molecule has 2 atom stereocenters. The molecule has 0 spiro atoms. The van der Waals surface area contributed by atoms with Crippen LogP contribution in [0.15, 0.2) is 48.6 Å². The molecular weight excluding hydrogens is 859 g/mol.